The average Bonchev–Trinajstić information content (AvgIpc) is 2.89. The fraction of sp³-hybridized carbons (Fsp3) is 1.00. The highest BCUT2D eigenvalue weighted by Gasteiger charge is 2.30. The summed E-state index contributed by atoms with van der Waals surface area (Å²) < 4.78 is 5.79. The number of rotatable bonds is 6. The van der Waals surface area contributed by atoms with Crippen LogP contribution < -0.4 is 5.32 Å². The highest BCUT2D eigenvalue weighted by atomic mass is 16.5. The second-order valence-electron chi connectivity index (χ2n) is 5.37. The SMILES string of the molecule is CN(CCNC1CC1)CC1(C)CCCO1. The van der Waals surface area contributed by atoms with Crippen molar-refractivity contribution in [3.63, 3.8) is 0 Å². The van der Waals surface area contributed by atoms with Crippen LogP contribution in [0.1, 0.15) is 32.6 Å². The van der Waals surface area contributed by atoms with Crippen molar-refractivity contribution in [2.45, 2.75) is 44.2 Å². The molecule has 2 fully saturated rings. The zero-order valence-electron chi connectivity index (χ0n) is 10.1. The summed E-state index contributed by atoms with van der Waals surface area (Å²) in [6.07, 6.45) is 5.20. The van der Waals surface area contributed by atoms with E-state index in [-0.39, 0.29) is 5.60 Å². The molecule has 88 valence electrons. The van der Waals surface area contributed by atoms with E-state index < -0.39 is 0 Å². The second-order valence-corrected chi connectivity index (χ2v) is 5.37. The van der Waals surface area contributed by atoms with Crippen molar-refractivity contribution < 1.29 is 4.74 Å². The van der Waals surface area contributed by atoms with Crippen molar-refractivity contribution in [1.29, 1.82) is 0 Å². The number of nitrogens with zero attached hydrogens (tertiary/aromatic N) is 1. The Bertz CT molecular complexity index is 198. The summed E-state index contributed by atoms with van der Waals surface area (Å²) in [6.45, 7) is 6.52. The first kappa shape index (κ1) is 11.4. The summed E-state index contributed by atoms with van der Waals surface area (Å²) in [6, 6.07) is 0.830. The summed E-state index contributed by atoms with van der Waals surface area (Å²) in [5, 5.41) is 3.54. The van der Waals surface area contributed by atoms with Gasteiger partial charge in [-0.3, -0.25) is 0 Å². The Morgan fingerprint density at radius 3 is 2.87 bits per heavy atom. The van der Waals surface area contributed by atoms with E-state index in [0.717, 1.165) is 32.3 Å². The van der Waals surface area contributed by atoms with E-state index in [1.54, 1.807) is 0 Å². The van der Waals surface area contributed by atoms with Crippen LogP contribution in [0.25, 0.3) is 0 Å². The Morgan fingerprint density at radius 1 is 1.47 bits per heavy atom. The van der Waals surface area contributed by atoms with Gasteiger partial charge in [0.05, 0.1) is 5.60 Å². The molecule has 0 bridgehead atoms. The molecule has 1 unspecified atom stereocenters. The Balaban J connectivity index is 1.59. The van der Waals surface area contributed by atoms with Crippen molar-refractivity contribution in [1.82, 2.24) is 10.2 Å². The zero-order valence-corrected chi connectivity index (χ0v) is 10.1. The van der Waals surface area contributed by atoms with Gasteiger partial charge in [0.1, 0.15) is 0 Å². The van der Waals surface area contributed by atoms with Crippen LogP contribution in [-0.4, -0.2) is 49.8 Å². The normalized spacial score (nSPS) is 31.4. The molecule has 3 nitrogen and oxygen atoms in total. The lowest BCUT2D eigenvalue weighted by atomic mass is 10.0. The maximum absolute atomic E-state index is 5.79. The molecule has 2 rings (SSSR count). The van der Waals surface area contributed by atoms with Crippen LogP contribution in [0.5, 0.6) is 0 Å². The van der Waals surface area contributed by atoms with Crippen molar-refractivity contribution in [3.8, 4) is 0 Å². The topological polar surface area (TPSA) is 24.5 Å². The van der Waals surface area contributed by atoms with E-state index in [1.165, 1.54) is 25.7 Å². The molecule has 1 N–H and O–H groups in total. The Kier molecular flexibility index (Phi) is 3.65. The van der Waals surface area contributed by atoms with Gasteiger partial charge in [-0.05, 0) is 39.7 Å². The lowest BCUT2D eigenvalue weighted by Crippen LogP contribution is -2.41. The monoisotopic (exact) mass is 212 g/mol. The molecule has 1 heterocycles. The Morgan fingerprint density at radius 2 is 2.27 bits per heavy atom. The predicted molar refractivity (Wildman–Crippen MR) is 62.1 cm³/mol. The van der Waals surface area contributed by atoms with Crippen molar-refractivity contribution in [2.75, 3.05) is 33.3 Å². The molecular formula is C12H24N2O. The van der Waals surface area contributed by atoms with Crippen LogP contribution in [0.3, 0.4) is 0 Å². The van der Waals surface area contributed by atoms with Crippen LogP contribution in [0, 0.1) is 0 Å². The highest BCUT2D eigenvalue weighted by Crippen LogP contribution is 2.25. The molecule has 0 aromatic heterocycles. The van der Waals surface area contributed by atoms with E-state index in [1.807, 2.05) is 0 Å². The molecule has 1 atom stereocenters. The molecule has 3 heteroatoms. The molecule has 0 radical (unpaired) electrons. The van der Waals surface area contributed by atoms with Crippen LogP contribution in [0.15, 0.2) is 0 Å². The first-order chi connectivity index (χ1) is 7.18. The van der Waals surface area contributed by atoms with Crippen molar-refractivity contribution in [2.24, 2.45) is 0 Å². The summed E-state index contributed by atoms with van der Waals surface area (Å²) in [5.41, 5.74) is 0.119. The third kappa shape index (κ3) is 3.74. The third-order valence-corrected chi connectivity index (χ3v) is 3.41. The molecule has 0 aromatic rings. The van der Waals surface area contributed by atoms with Crippen molar-refractivity contribution >= 4 is 0 Å². The standard InChI is InChI=1S/C12H24N2O/c1-12(6-3-9-15-12)10-14(2)8-7-13-11-4-5-11/h11,13H,3-10H2,1-2H3. The maximum Gasteiger partial charge on any atom is 0.0781 e. The quantitative estimate of drug-likeness (QED) is 0.717. The number of nitrogens with one attached hydrogen (secondary N) is 1. The Labute approximate surface area is 93.2 Å². The molecule has 1 aliphatic heterocycles. The fourth-order valence-corrected chi connectivity index (χ4v) is 2.36. The first-order valence-electron chi connectivity index (χ1n) is 6.24. The molecule has 0 aromatic carbocycles. The molecule has 0 spiro atoms. The second kappa shape index (κ2) is 4.81. The smallest absolute Gasteiger partial charge is 0.0781 e. The van der Waals surface area contributed by atoms with Gasteiger partial charge in [-0.1, -0.05) is 0 Å². The molecule has 15 heavy (non-hydrogen) atoms. The predicted octanol–water partition coefficient (Wildman–Crippen LogP) is 1.24. The summed E-state index contributed by atoms with van der Waals surface area (Å²) >= 11 is 0. The first-order valence-corrected chi connectivity index (χ1v) is 6.24. The molecule has 1 saturated carbocycles. The van der Waals surface area contributed by atoms with Crippen LogP contribution >= 0.6 is 0 Å². The average molecular weight is 212 g/mol. The Hall–Kier alpha value is -0.120. The molecule has 1 aliphatic carbocycles. The van der Waals surface area contributed by atoms with Crippen LogP contribution in [0.4, 0.5) is 0 Å². The van der Waals surface area contributed by atoms with E-state index in [4.69, 9.17) is 4.74 Å². The minimum Gasteiger partial charge on any atom is -0.374 e. The zero-order chi connectivity index (χ0) is 10.7. The van der Waals surface area contributed by atoms with Crippen LogP contribution in [-0.2, 0) is 4.74 Å². The minimum atomic E-state index is 0.119. The summed E-state index contributed by atoms with van der Waals surface area (Å²) in [7, 11) is 2.20. The molecule has 0 amide bonds. The van der Waals surface area contributed by atoms with Gasteiger partial charge in [0.15, 0.2) is 0 Å². The molecule has 2 aliphatic rings. The number of hydrogen-bond donors (Lipinski definition) is 1. The van der Waals surface area contributed by atoms with Gasteiger partial charge in [0.25, 0.3) is 0 Å². The van der Waals surface area contributed by atoms with Crippen molar-refractivity contribution in [3.05, 3.63) is 0 Å². The largest absolute Gasteiger partial charge is 0.374 e. The maximum atomic E-state index is 5.79. The lowest BCUT2D eigenvalue weighted by Gasteiger charge is -2.29. The van der Waals surface area contributed by atoms with Crippen LogP contribution in [0.2, 0.25) is 0 Å². The fourth-order valence-electron chi connectivity index (χ4n) is 2.36. The molecule has 1 saturated heterocycles. The number of ether oxygens (including phenoxy) is 1. The number of likely N-dealkylation sites (N-methyl/N-ethyl adjacent to an activating group) is 1. The van der Waals surface area contributed by atoms with Gasteiger partial charge >= 0.3 is 0 Å². The van der Waals surface area contributed by atoms with Gasteiger partial charge in [-0.25, -0.2) is 0 Å². The van der Waals surface area contributed by atoms with E-state index in [2.05, 4.69) is 24.2 Å². The van der Waals surface area contributed by atoms with Gasteiger partial charge in [0, 0.05) is 32.3 Å². The van der Waals surface area contributed by atoms with Gasteiger partial charge < -0.3 is 15.0 Å². The highest BCUT2D eigenvalue weighted by molar-refractivity contribution is 4.84. The summed E-state index contributed by atoms with van der Waals surface area (Å²) in [5.74, 6) is 0. The van der Waals surface area contributed by atoms with E-state index >= 15 is 0 Å². The third-order valence-electron chi connectivity index (χ3n) is 3.41. The summed E-state index contributed by atoms with van der Waals surface area (Å²) in [4.78, 5) is 2.39. The van der Waals surface area contributed by atoms with E-state index in [9.17, 15) is 0 Å². The minimum absolute atomic E-state index is 0.119. The number of hydrogen-bond acceptors (Lipinski definition) is 3. The van der Waals surface area contributed by atoms with Gasteiger partial charge in [0.2, 0.25) is 0 Å². The molecular weight excluding hydrogens is 188 g/mol. The lowest BCUT2D eigenvalue weighted by molar-refractivity contribution is -0.00320. The van der Waals surface area contributed by atoms with Gasteiger partial charge in [-0.2, -0.15) is 0 Å². The van der Waals surface area contributed by atoms with Gasteiger partial charge in [-0.15, -0.1) is 0 Å². The van der Waals surface area contributed by atoms with E-state index in [0.29, 0.717) is 0 Å².